The Morgan fingerprint density at radius 1 is 1.32 bits per heavy atom. The standard InChI is InChI=1S/C12H24N4O2S/c1-5-14-12(18)15-11(17)9(4)16(6-2)7-8(3)10(13)19/h8-9H,5-7H2,1-4H3,(H2,13,19)(H2,14,15,17,18). The van der Waals surface area contributed by atoms with Crippen molar-refractivity contribution in [2.75, 3.05) is 19.6 Å². The molecule has 0 bridgehead atoms. The van der Waals surface area contributed by atoms with Gasteiger partial charge in [-0.3, -0.25) is 15.0 Å². The Kier molecular flexibility index (Phi) is 8.26. The van der Waals surface area contributed by atoms with Crippen LogP contribution in [0, 0.1) is 5.92 Å². The van der Waals surface area contributed by atoms with E-state index in [1.807, 2.05) is 18.7 Å². The largest absolute Gasteiger partial charge is 0.393 e. The quantitative estimate of drug-likeness (QED) is 0.593. The molecule has 0 aromatic rings. The Balaban J connectivity index is 4.48. The summed E-state index contributed by atoms with van der Waals surface area (Å²) in [4.78, 5) is 25.6. The lowest BCUT2D eigenvalue weighted by Crippen LogP contribution is -2.51. The Morgan fingerprint density at radius 3 is 2.32 bits per heavy atom. The SMILES string of the molecule is CCNC(=O)NC(=O)C(C)N(CC)CC(C)C(N)=S. The van der Waals surface area contributed by atoms with E-state index in [9.17, 15) is 9.59 Å². The third-order valence-corrected chi connectivity index (χ3v) is 3.30. The maximum Gasteiger partial charge on any atom is 0.321 e. The molecule has 0 heterocycles. The number of carbonyl (C=O) groups is 2. The molecular formula is C12H24N4O2S. The van der Waals surface area contributed by atoms with Crippen molar-refractivity contribution < 1.29 is 9.59 Å². The Hall–Kier alpha value is -1.21. The van der Waals surface area contributed by atoms with Crippen molar-refractivity contribution in [3.63, 3.8) is 0 Å². The van der Waals surface area contributed by atoms with Gasteiger partial charge in [-0.1, -0.05) is 26.1 Å². The van der Waals surface area contributed by atoms with Crippen LogP contribution < -0.4 is 16.4 Å². The second-order valence-corrected chi connectivity index (χ2v) is 4.89. The van der Waals surface area contributed by atoms with E-state index in [0.29, 0.717) is 24.6 Å². The second kappa shape index (κ2) is 8.82. The molecule has 0 rings (SSSR count). The van der Waals surface area contributed by atoms with Gasteiger partial charge >= 0.3 is 6.03 Å². The molecule has 2 atom stereocenters. The topological polar surface area (TPSA) is 87.5 Å². The van der Waals surface area contributed by atoms with Gasteiger partial charge in [-0.25, -0.2) is 4.79 Å². The molecule has 0 aliphatic heterocycles. The van der Waals surface area contributed by atoms with E-state index in [1.54, 1.807) is 13.8 Å². The first-order valence-corrected chi connectivity index (χ1v) is 6.86. The van der Waals surface area contributed by atoms with Gasteiger partial charge in [0.2, 0.25) is 5.91 Å². The fourth-order valence-corrected chi connectivity index (χ4v) is 1.66. The summed E-state index contributed by atoms with van der Waals surface area (Å²) in [6, 6.07) is -0.887. The molecule has 4 N–H and O–H groups in total. The molecule has 0 aromatic carbocycles. The Morgan fingerprint density at radius 2 is 1.89 bits per heavy atom. The molecule has 0 aliphatic carbocycles. The number of thiocarbonyl (C=S) groups is 1. The van der Waals surface area contributed by atoms with Crippen LogP contribution in [0.5, 0.6) is 0 Å². The number of urea groups is 1. The minimum atomic E-state index is -0.474. The smallest absolute Gasteiger partial charge is 0.321 e. The molecule has 0 radical (unpaired) electrons. The number of amides is 3. The number of imide groups is 1. The van der Waals surface area contributed by atoms with Crippen molar-refractivity contribution in [1.82, 2.24) is 15.5 Å². The fourth-order valence-electron chi connectivity index (χ4n) is 1.59. The van der Waals surface area contributed by atoms with Gasteiger partial charge in [-0.2, -0.15) is 0 Å². The van der Waals surface area contributed by atoms with Crippen LogP contribution in [0.2, 0.25) is 0 Å². The highest BCUT2D eigenvalue weighted by atomic mass is 32.1. The molecule has 0 aliphatic rings. The summed E-state index contributed by atoms with van der Waals surface area (Å²) in [5, 5.41) is 4.82. The van der Waals surface area contributed by atoms with Gasteiger partial charge in [0.15, 0.2) is 0 Å². The molecule has 0 saturated carbocycles. The van der Waals surface area contributed by atoms with Gasteiger partial charge < -0.3 is 11.1 Å². The summed E-state index contributed by atoms with van der Waals surface area (Å²) in [6.07, 6.45) is 0. The van der Waals surface area contributed by atoms with Gasteiger partial charge in [-0.05, 0) is 20.4 Å². The highest BCUT2D eigenvalue weighted by Gasteiger charge is 2.23. The predicted molar refractivity (Wildman–Crippen MR) is 79.9 cm³/mol. The van der Waals surface area contributed by atoms with E-state index >= 15 is 0 Å². The molecule has 2 unspecified atom stereocenters. The number of likely N-dealkylation sites (N-methyl/N-ethyl adjacent to an activating group) is 1. The average Bonchev–Trinajstić information content (AvgIpc) is 2.34. The van der Waals surface area contributed by atoms with Crippen molar-refractivity contribution in [3.05, 3.63) is 0 Å². The lowest BCUT2D eigenvalue weighted by atomic mass is 10.1. The molecule has 0 spiro atoms. The zero-order valence-corrected chi connectivity index (χ0v) is 12.8. The van der Waals surface area contributed by atoms with Gasteiger partial charge in [0.1, 0.15) is 0 Å². The third kappa shape index (κ3) is 6.49. The highest BCUT2D eigenvalue weighted by Crippen LogP contribution is 2.05. The highest BCUT2D eigenvalue weighted by molar-refractivity contribution is 7.80. The van der Waals surface area contributed by atoms with Crippen LogP contribution in [0.15, 0.2) is 0 Å². The fraction of sp³-hybridized carbons (Fsp3) is 0.750. The molecule has 110 valence electrons. The number of nitrogens with zero attached hydrogens (tertiary/aromatic N) is 1. The lowest BCUT2D eigenvalue weighted by Gasteiger charge is -2.28. The first kappa shape index (κ1) is 17.8. The van der Waals surface area contributed by atoms with E-state index in [1.165, 1.54) is 0 Å². The maximum absolute atomic E-state index is 11.9. The molecule has 3 amide bonds. The molecule has 0 aromatic heterocycles. The van der Waals surface area contributed by atoms with Gasteiger partial charge in [0, 0.05) is 19.0 Å². The van der Waals surface area contributed by atoms with Crippen molar-refractivity contribution >= 4 is 29.1 Å². The molecular weight excluding hydrogens is 264 g/mol. The van der Waals surface area contributed by atoms with Crippen LogP contribution >= 0.6 is 12.2 Å². The molecule has 0 fully saturated rings. The molecule has 19 heavy (non-hydrogen) atoms. The van der Waals surface area contributed by atoms with Crippen molar-refractivity contribution in [2.45, 2.75) is 33.7 Å². The zero-order chi connectivity index (χ0) is 15.0. The van der Waals surface area contributed by atoms with Crippen LogP contribution in [0.1, 0.15) is 27.7 Å². The lowest BCUT2D eigenvalue weighted by molar-refractivity contribution is -0.124. The van der Waals surface area contributed by atoms with E-state index in [2.05, 4.69) is 10.6 Å². The van der Waals surface area contributed by atoms with Crippen LogP contribution in [0.25, 0.3) is 0 Å². The van der Waals surface area contributed by atoms with E-state index in [0.717, 1.165) is 0 Å². The van der Waals surface area contributed by atoms with Crippen LogP contribution in [-0.4, -0.2) is 47.5 Å². The summed E-state index contributed by atoms with van der Waals surface area (Å²) in [7, 11) is 0. The van der Waals surface area contributed by atoms with Gasteiger partial charge in [0.05, 0.1) is 11.0 Å². The number of carbonyl (C=O) groups excluding carboxylic acids is 2. The van der Waals surface area contributed by atoms with Crippen LogP contribution in [0.3, 0.4) is 0 Å². The number of nitrogens with one attached hydrogen (secondary N) is 2. The molecule has 6 nitrogen and oxygen atoms in total. The monoisotopic (exact) mass is 288 g/mol. The van der Waals surface area contributed by atoms with E-state index in [-0.39, 0.29) is 11.8 Å². The zero-order valence-electron chi connectivity index (χ0n) is 12.0. The number of rotatable bonds is 7. The Labute approximate surface area is 120 Å². The van der Waals surface area contributed by atoms with Gasteiger partial charge in [-0.15, -0.1) is 0 Å². The number of hydrogen-bond acceptors (Lipinski definition) is 4. The van der Waals surface area contributed by atoms with Crippen LogP contribution in [-0.2, 0) is 4.79 Å². The first-order valence-electron chi connectivity index (χ1n) is 6.45. The van der Waals surface area contributed by atoms with Gasteiger partial charge in [0.25, 0.3) is 0 Å². The first-order chi connectivity index (χ1) is 8.83. The average molecular weight is 288 g/mol. The molecule has 0 saturated heterocycles. The number of hydrogen-bond donors (Lipinski definition) is 3. The normalized spacial score (nSPS) is 13.7. The molecule has 7 heteroatoms. The summed E-state index contributed by atoms with van der Waals surface area (Å²) in [5.74, 6) is -0.308. The van der Waals surface area contributed by atoms with Crippen molar-refractivity contribution in [1.29, 1.82) is 0 Å². The second-order valence-electron chi connectivity index (χ2n) is 4.42. The summed E-state index contributed by atoms with van der Waals surface area (Å²) in [6.45, 7) is 9.15. The summed E-state index contributed by atoms with van der Waals surface area (Å²) in [5.41, 5.74) is 5.58. The summed E-state index contributed by atoms with van der Waals surface area (Å²) >= 11 is 4.93. The van der Waals surface area contributed by atoms with Crippen molar-refractivity contribution in [2.24, 2.45) is 11.7 Å². The third-order valence-electron chi connectivity index (χ3n) is 2.90. The maximum atomic E-state index is 11.9. The van der Waals surface area contributed by atoms with E-state index < -0.39 is 12.1 Å². The summed E-state index contributed by atoms with van der Waals surface area (Å²) < 4.78 is 0. The predicted octanol–water partition coefficient (Wildman–Crippen LogP) is 0.465. The minimum absolute atomic E-state index is 0.0228. The number of nitrogens with two attached hydrogens (primary N) is 1. The van der Waals surface area contributed by atoms with E-state index in [4.69, 9.17) is 18.0 Å². The van der Waals surface area contributed by atoms with Crippen LogP contribution in [0.4, 0.5) is 4.79 Å². The van der Waals surface area contributed by atoms with Crippen molar-refractivity contribution in [3.8, 4) is 0 Å². The minimum Gasteiger partial charge on any atom is -0.393 e. The Bertz CT molecular complexity index is 336.